The summed E-state index contributed by atoms with van der Waals surface area (Å²) in [5.74, 6) is -2.95. The van der Waals surface area contributed by atoms with Crippen molar-refractivity contribution in [3.63, 3.8) is 0 Å². The second-order valence-electron chi connectivity index (χ2n) is 5.99. The third-order valence-electron chi connectivity index (χ3n) is 3.77. The molecule has 0 unspecified atom stereocenters. The van der Waals surface area contributed by atoms with Gasteiger partial charge in [0.15, 0.2) is 0 Å². The number of hydrogen-bond acceptors (Lipinski definition) is 3. The van der Waals surface area contributed by atoms with Crippen LogP contribution in [0, 0.1) is 0 Å². The molecular formula is C17H31NO5. The molecular weight excluding hydrogens is 298 g/mol. The second kappa shape index (κ2) is 14.0. The summed E-state index contributed by atoms with van der Waals surface area (Å²) in [7, 11) is 0. The first-order valence-electron chi connectivity index (χ1n) is 8.71. The van der Waals surface area contributed by atoms with E-state index >= 15 is 0 Å². The van der Waals surface area contributed by atoms with Gasteiger partial charge in [-0.05, 0) is 6.42 Å². The summed E-state index contributed by atoms with van der Waals surface area (Å²) < 4.78 is 0. The number of carbonyl (C=O) groups excluding carboxylic acids is 1. The number of unbranched alkanes of at least 4 members (excludes halogenated alkanes) is 9. The molecule has 0 radical (unpaired) electrons. The van der Waals surface area contributed by atoms with Gasteiger partial charge in [-0.25, -0.2) is 4.79 Å². The summed E-state index contributed by atoms with van der Waals surface area (Å²) in [6, 6.07) is -1.34. The SMILES string of the molecule is CCCCCCCCCCCCC(=O)N[C@@H](CC(=O)O)C(=O)O. The molecule has 0 aliphatic rings. The van der Waals surface area contributed by atoms with Crippen LogP contribution in [0.2, 0.25) is 0 Å². The number of nitrogens with one attached hydrogen (secondary N) is 1. The van der Waals surface area contributed by atoms with Crippen LogP contribution in [-0.4, -0.2) is 34.1 Å². The van der Waals surface area contributed by atoms with Crippen molar-refractivity contribution < 1.29 is 24.6 Å². The number of rotatable bonds is 15. The minimum absolute atomic E-state index is 0.250. The van der Waals surface area contributed by atoms with Gasteiger partial charge in [-0.15, -0.1) is 0 Å². The molecule has 3 N–H and O–H groups in total. The van der Waals surface area contributed by atoms with Crippen molar-refractivity contribution in [2.45, 2.75) is 90.0 Å². The maximum atomic E-state index is 11.6. The maximum Gasteiger partial charge on any atom is 0.326 e. The molecule has 134 valence electrons. The van der Waals surface area contributed by atoms with Gasteiger partial charge in [-0.2, -0.15) is 0 Å². The van der Waals surface area contributed by atoms with Gasteiger partial charge in [0.25, 0.3) is 0 Å². The lowest BCUT2D eigenvalue weighted by atomic mass is 10.1. The predicted molar refractivity (Wildman–Crippen MR) is 88.3 cm³/mol. The van der Waals surface area contributed by atoms with E-state index in [1.165, 1.54) is 44.9 Å². The third kappa shape index (κ3) is 13.8. The first-order chi connectivity index (χ1) is 11.0. The summed E-state index contributed by atoms with van der Waals surface area (Å²) in [5.41, 5.74) is 0. The maximum absolute atomic E-state index is 11.6. The number of carboxylic acids is 2. The molecule has 0 aliphatic heterocycles. The molecule has 6 heteroatoms. The van der Waals surface area contributed by atoms with Crippen LogP contribution in [0.4, 0.5) is 0 Å². The molecule has 0 fully saturated rings. The summed E-state index contributed by atoms with van der Waals surface area (Å²) in [4.78, 5) is 33.0. The average Bonchev–Trinajstić information content (AvgIpc) is 2.48. The van der Waals surface area contributed by atoms with Crippen LogP contribution in [0.3, 0.4) is 0 Å². The summed E-state index contributed by atoms with van der Waals surface area (Å²) >= 11 is 0. The van der Waals surface area contributed by atoms with Gasteiger partial charge in [0.2, 0.25) is 5.91 Å². The minimum Gasteiger partial charge on any atom is -0.481 e. The van der Waals surface area contributed by atoms with Gasteiger partial charge >= 0.3 is 11.9 Å². The highest BCUT2D eigenvalue weighted by atomic mass is 16.4. The molecule has 0 saturated heterocycles. The molecule has 23 heavy (non-hydrogen) atoms. The molecule has 0 rings (SSSR count). The first-order valence-corrected chi connectivity index (χ1v) is 8.71. The molecule has 6 nitrogen and oxygen atoms in total. The fraction of sp³-hybridized carbons (Fsp3) is 0.824. The largest absolute Gasteiger partial charge is 0.481 e. The van der Waals surface area contributed by atoms with E-state index in [9.17, 15) is 14.4 Å². The van der Waals surface area contributed by atoms with Gasteiger partial charge in [0.05, 0.1) is 6.42 Å². The lowest BCUT2D eigenvalue weighted by molar-refractivity contribution is -0.147. The zero-order valence-corrected chi connectivity index (χ0v) is 14.2. The molecule has 0 aliphatic carbocycles. The van der Waals surface area contributed by atoms with E-state index in [0.717, 1.165) is 12.8 Å². The van der Waals surface area contributed by atoms with Crippen LogP contribution in [0.5, 0.6) is 0 Å². The minimum atomic E-state index is -1.34. The average molecular weight is 329 g/mol. The quantitative estimate of drug-likeness (QED) is 0.400. The Morgan fingerprint density at radius 1 is 0.826 bits per heavy atom. The molecule has 0 aromatic carbocycles. The molecule has 0 bridgehead atoms. The van der Waals surface area contributed by atoms with Crippen molar-refractivity contribution in [2.75, 3.05) is 0 Å². The lowest BCUT2D eigenvalue weighted by Gasteiger charge is -2.12. The van der Waals surface area contributed by atoms with Gasteiger partial charge in [0.1, 0.15) is 6.04 Å². The number of hydrogen-bond donors (Lipinski definition) is 3. The Labute approximate surface area is 138 Å². The molecule has 0 heterocycles. The van der Waals surface area contributed by atoms with Crippen molar-refractivity contribution in [3.05, 3.63) is 0 Å². The van der Waals surface area contributed by atoms with E-state index in [1.54, 1.807) is 0 Å². The van der Waals surface area contributed by atoms with E-state index in [4.69, 9.17) is 10.2 Å². The molecule has 0 saturated carbocycles. The Bertz CT molecular complexity index is 357. The van der Waals surface area contributed by atoms with E-state index in [2.05, 4.69) is 12.2 Å². The summed E-state index contributed by atoms with van der Waals surface area (Å²) in [5, 5.41) is 19.7. The summed E-state index contributed by atoms with van der Waals surface area (Å²) in [6.45, 7) is 2.20. The van der Waals surface area contributed by atoms with Crippen LogP contribution >= 0.6 is 0 Å². The van der Waals surface area contributed by atoms with Gasteiger partial charge < -0.3 is 15.5 Å². The van der Waals surface area contributed by atoms with Crippen molar-refractivity contribution in [3.8, 4) is 0 Å². The zero-order valence-electron chi connectivity index (χ0n) is 14.2. The monoisotopic (exact) mass is 329 g/mol. The standard InChI is InChI=1S/C17H31NO5/c1-2-3-4-5-6-7-8-9-10-11-12-15(19)18-14(17(22)23)13-16(20)21/h14H,2-13H2,1H3,(H,18,19)(H,20,21)(H,22,23)/t14-/m0/s1. The fourth-order valence-corrected chi connectivity index (χ4v) is 2.41. The molecule has 1 amide bonds. The highest BCUT2D eigenvalue weighted by molar-refractivity contribution is 5.86. The molecule has 0 aromatic rings. The van der Waals surface area contributed by atoms with Crippen LogP contribution < -0.4 is 5.32 Å². The second-order valence-corrected chi connectivity index (χ2v) is 5.99. The lowest BCUT2D eigenvalue weighted by Crippen LogP contribution is -2.42. The van der Waals surface area contributed by atoms with Crippen molar-refractivity contribution in [2.24, 2.45) is 0 Å². The van der Waals surface area contributed by atoms with Gasteiger partial charge in [-0.3, -0.25) is 9.59 Å². The topological polar surface area (TPSA) is 104 Å². The summed E-state index contributed by atoms with van der Waals surface area (Å²) in [6.07, 6.45) is 11.3. The smallest absolute Gasteiger partial charge is 0.326 e. The van der Waals surface area contributed by atoms with Gasteiger partial charge in [-0.1, -0.05) is 64.7 Å². The highest BCUT2D eigenvalue weighted by Gasteiger charge is 2.22. The highest BCUT2D eigenvalue weighted by Crippen LogP contribution is 2.11. The number of aliphatic carboxylic acids is 2. The Balaban J connectivity index is 3.59. The third-order valence-corrected chi connectivity index (χ3v) is 3.77. The van der Waals surface area contributed by atoms with Crippen molar-refractivity contribution >= 4 is 17.8 Å². The Morgan fingerprint density at radius 2 is 1.30 bits per heavy atom. The molecule has 1 atom stereocenters. The van der Waals surface area contributed by atoms with Crippen LogP contribution in [-0.2, 0) is 14.4 Å². The van der Waals surface area contributed by atoms with E-state index in [-0.39, 0.29) is 6.42 Å². The number of carboxylic acid groups (broad SMARTS) is 2. The normalized spacial score (nSPS) is 11.9. The van der Waals surface area contributed by atoms with Crippen LogP contribution in [0.25, 0.3) is 0 Å². The number of amides is 1. The predicted octanol–water partition coefficient (Wildman–Crippen LogP) is 3.34. The van der Waals surface area contributed by atoms with E-state index < -0.39 is 30.3 Å². The van der Waals surface area contributed by atoms with Gasteiger partial charge in [0, 0.05) is 6.42 Å². The fourth-order valence-electron chi connectivity index (χ4n) is 2.41. The van der Waals surface area contributed by atoms with Crippen LogP contribution in [0.15, 0.2) is 0 Å². The van der Waals surface area contributed by atoms with E-state index in [0.29, 0.717) is 6.42 Å². The Kier molecular flexibility index (Phi) is 13.1. The zero-order chi connectivity index (χ0) is 17.5. The van der Waals surface area contributed by atoms with E-state index in [1.807, 2.05) is 0 Å². The Hall–Kier alpha value is -1.59. The molecule has 0 aromatic heterocycles. The van der Waals surface area contributed by atoms with Crippen molar-refractivity contribution in [1.29, 1.82) is 0 Å². The first kappa shape index (κ1) is 21.4. The Morgan fingerprint density at radius 3 is 1.74 bits per heavy atom. The molecule has 0 spiro atoms. The number of carbonyl (C=O) groups is 3. The van der Waals surface area contributed by atoms with Crippen molar-refractivity contribution in [1.82, 2.24) is 5.32 Å². The van der Waals surface area contributed by atoms with Crippen LogP contribution in [0.1, 0.15) is 84.0 Å².